The largest absolute Gasteiger partial charge is 0.478 e. The van der Waals surface area contributed by atoms with Gasteiger partial charge in [-0.3, -0.25) is 4.79 Å². The van der Waals surface area contributed by atoms with Gasteiger partial charge in [0.1, 0.15) is 5.75 Å². The summed E-state index contributed by atoms with van der Waals surface area (Å²) in [4.78, 5) is 13.8. The number of nitrogens with zero attached hydrogens (tertiary/aromatic N) is 1. The lowest BCUT2D eigenvalue weighted by Crippen LogP contribution is -2.47. The number of para-hydroxylation sites is 2. The highest BCUT2D eigenvalue weighted by Gasteiger charge is 2.35. The second-order valence-electron chi connectivity index (χ2n) is 4.46. The number of likely N-dealkylation sites (N-methyl/N-ethyl adjacent to an activating group) is 1. The van der Waals surface area contributed by atoms with E-state index < -0.39 is 6.10 Å². The fourth-order valence-electron chi connectivity index (χ4n) is 2.10. The van der Waals surface area contributed by atoms with Crippen molar-refractivity contribution >= 4 is 11.6 Å². The molecule has 0 aromatic heterocycles. The predicted octanol–water partition coefficient (Wildman–Crippen LogP) is 1.40. The van der Waals surface area contributed by atoms with Crippen LogP contribution in [0.15, 0.2) is 24.3 Å². The van der Waals surface area contributed by atoms with Crippen molar-refractivity contribution in [1.29, 1.82) is 0 Å². The molecule has 0 bridgehead atoms. The Bertz CT molecular complexity index is 420. The average molecular weight is 234 g/mol. The fourth-order valence-corrected chi connectivity index (χ4v) is 2.10. The maximum Gasteiger partial charge on any atom is 0.268 e. The number of fused-ring (bicyclic) bond motifs is 1. The predicted molar refractivity (Wildman–Crippen MR) is 67.1 cm³/mol. The van der Waals surface area contributed by atoms with E-state index in [9.17, 15) is 4.79 Å². The summed E-state index contributed by atoms with van der Waals surface area (Å²) in [5.74, 6) is 0.899. The van der Waals surface area contributed by atoms with E-state index in [1.807, 2.05) is 31.2 Å². The number of benzene rings is 1. The summed E-state index contributed by atoms with van der Waals surface area (Å²) in [6, 6.07) is 7.58. The third-order valence-corrected chi connectivity index (χ3v) is 3.19. The minimum Gasteiger partial charge on any atom is -0.478 e. The van der Waals surface area contributed by atoms with Gasteiger partial charge in [0, 0.05) is 13.0 Å². The van der Waals surface area contributed by atoms with E-state index in [1.54, 1.807) is 11.9 Å². The van der Waals surface area contributed by atoms with Crippen molar-refractivity contribution in [2.45, 2.75) is 19.4 Å². The van der Waals surface area contributed by atoms with Gasteiger partial charge in [0.15, 0.2) is 6.10 Å². The van der Waals surface area contributed by atoms with E-state index in [0.29, 0.717) is 6.54 Å². The quantitative estimate of drug-likeness (QED) is 0.860. The molecule has 92 valence electrons. The van der Waals surface area contributed by atoms with Crippen molar-refractivity contribution in [2.75, 3.05) is 18.5 Å². The van der Waals surface area contributed by atoms with Crippen LogP contribution >= 0.6 is 0 Å². The molecule has 2 rings (SSSR count). The minimum atomic E-state index is -0.418. The third kappa shape index (κ3) is 2.13. The van der Waals surface area contributed by atoms with Gasteiger partial charge in [0.25, 0.3) is 5.91 Å². The van der Waals surface area contributed by atoms with Gasteiger partial charge in [-0.25, -0.2) is 0 Å². The summed E-state index contributed by atoms with van der Waals surface area (Å²) in [5, 5.41) is 0. The Balaban J connectivity index is 2.27. The first kappa shape index (κ1) is 11.9. The third-order valence-electron chi connectivity index (χ3n) is 3.19. The molecule has 1 aromatic rings. The lowest BCUT2D eigenvalue weighted by molar-refractivity contribution is -0.128. The Labute approximate surface area is 101 Å². The maximum atomic E-state index is 12.2. The molecule has 0 aliphatic carbocycles. The normalized spacial score (nSPS) is 20.8. The lowest BCUT2D eigenvalue weighted by atomic mass is 9.98. The maximum absolute atomic E-state index is 12.2. The first-order valence-electron chi connectivity index (χ1n) is 5.88. The van der Waals surface area contributed by atoms with E-state index in [1.165, 1.54) is 0 Å². The fraction of sp³-hybridized carbons (Fsp3) is 0.462. The molecule has 2 N–H and O–H groups in total. The summed E-state index contributed by atoms with van der Waals surface area (Å²) in [7, 11) is 1.78. The van der Waals surface area contributed by atoms with Crippen LogP contribution in [0.1, 0.15) is 13.3 Å². The molecule has 1 amide bonds. The molecular formula is C13H18N2O2. The van der Waals surface area contributed by atoms with Crippen molar-refractivity contribution in [3.63, 3.8) is 0 Å². The zero-order chi connectivity index (χ0) is 12.4. The second-order valence-corrected chi connectivity index (χ2v) is 4.46. The highest BCUT2D eigenvalue weighted by atomic mass is 16.5. The smallest absolute Gasteiger partial charge is 0.268 e. The van der Waals surface area contributed by atoms with Gasteiger partial charge >= 0.3 is 0 Å². The van der Waals surface area contributed by atoms with Gasteiger partial charge in [-0.1, -0.05) is 19.1 Å². The zero-order valence-electron chi connectivity index (χ0n) is 10.2. The van der Waals surface area contributed by atoms with E-state index in [2.05, 4.69) is 0 Å². The molecule has 1 aromatic carbocycles. The van der Waals surface area contributed by atoms with Crippen molar-refractivity contribution in [2.24, 2.45) is 11.7 Å². The van der Waals surface area contributed by atoms with Crippen molar-refractivity contribution in [1.82, 2.24) is 0 Å². The Morgan fingerprint density at radius 1 is 1.47 bits per heavy atom. The molecule has 0 saturated heterocycles. The SMILES string of the molecule is CC(CCN)C1Oc2ccccc2N(C)C1=O. The van der Waals surface area contributed by atoms with Crippen molar-refractivity contribution < 1.29 is 9.53 Å². The second kappa shape index (κ2) is 4.75. The minimum absolute atomic E-state index is 0.00431. The number of carbonyl (C=O) groups excluding carboxylic acids is 1. The molecule has 4 nitrogen and oxygen atoms in total. The van der Waals surface area contributed by atoms with Crippen molar-refractivity contribution in [3.05, 3.63) is 24.3 Å². The molecule has 0 fully saturated rings. The number of hydrogen-bond acceptors (Lipinski definition) is 3. The van der Waals surface area contributed by atoms with Crippen LogP contribution in [0.2, 0.25) is 0 Å². The first-order chi connectivity index (χ1) is 8.15. The van der Waals surface area contributed by atoms with Crippen LogP contribution in [0.25, 0.3) is 0 Å². The van der Waals surface area contributed by atoms with Gasteiger partial charge < -0.3 is 15.4 Å². The number of hydrogen-bond donors (Lipinski definition) is 1. The number of amides is 1. The molecule has 0 radical (unpaired) electrons. The summed E-state index contributed by atoms with van der Waals surface area (Å²) < 4.78 is 5.78. The Kier molecular flexibility index (Phi) is 3.33. The monoisotopic (exact) mass is 234 g/mol. The van der Waals surface area contributed by atoms with Gasteiger partial charge in [-0.2, -0.15) is 0 Å². The molecule has 2 unspecified atom stereocenters. The molecule has 17 heavy (non-hydrogen) atoms. The molecule has 4 heteroatoms. The van der Waals surface area contributed by atoms with Crippen LogP contribution in [0.3, 0.4) is 0 Å². The Hall–Kier alpha value is -1.55. The highest BCUT2D eigenvalue weighted by molar-refractivity contribution is 5.99. The van der Waals surface area contributed by atoms with Crippen LogP contribution < -0.4 is 15.4 Å². The molecular weight excluding hydrogens is 216 g/mol. The number of carbonyl (C=O) groups is 1. The standard InChI is InChI=1S/C13H18N2O2/c1-9(7-8-14)12-13(16)15(2)10-5-3-4-6-11(10)17-12/h3-6,9,12H,7-8,14H2,1-2H3. The first-order valence-corrected chi connectivity index (χ1v) is 5.88. The number of rotatable bonds is 3. The van der Waals surface area contributed by atoms with E-state index in [0.717, 1.165) is 17.9 Å². The average Bonchev–Trinajstić information content (AvgIpc) is 2.34. The van der Waals surface area contributed by atoms with E-state index >= 15 is 0 Å². The number of nitrogens with two attached hydrogens (primary N) is 1. The Morgan fingerprint density at radius 3 is 2.88 bits per heavy atom. The van der Waals surface area contributed by atoms with E-state index in [4.69, 9.17) is 10.5 Å². The molecule has 1 heterocycles. The van der Waals surface area contributed by atoms with Crippen LogP contribution in [-0.2, 0) is 4.79 Å². The highest BCUT2D eigenvalue weighted by Crippen LogP contribution is 2.34. The molecule has 2 atom stereocenters. The summed E-state index contributed by atoms with van der Waals surface area (Å²) in [6.45, 7) is 2.57. The molecule has 1 aliphatic rings. The molecule has 1 aliphatic heterocycles. The summed E-state index contributed by atoms with van der Waals surface area (Å²) in [5.41, 5.74) is 6.36. The van der Waals surface area contributed by atoms with Crippen molar-refractivity contribution in [3.8, 4) is 5.75 Å². The van der Waals surface area contributed by atoms with Gasteiger partial charge in [-0.05, 0) is 25.1 Å². The van der Waals surface area contributed by atoms with Crippen LogP contribution in [0.4, 0.5) is 5.69 Å². The van der Waals surface area contributed by atoms with Gasteiger partial charge in [-0.15, -0.1) is 0 Å². The topological polar surface area (TPSA) is 55.6 Å². The van der Waals surface area contributed by atoms with Crippen LogP contribution in [0, 0.1) is 5.92 Å². The number of ether oxygens (including phenoxy) is 1. The van der Waals surface area contributed by atoms with E-state index in [-0.39, 0.29) is 11.8 Å². The summed E-state index contributed by atoms with van der Waals surface area (Å²) in [6.07, 6.45) is 0.366. The van der Waals surface area contributed by atoms with Crippen LogP contribution in [-0.4, -0.2) is 25.6 Å². The lowest BCUT2D eigenvalue weighted by Gasteiger charge is -2.34. The molecule has 0 saturated carbocycles. The Morgan fingerprint density at radius 2 is 2.18 bits per heavy atom. The van der Waals surface area contributed by atoms with Crippen LogP contribution in [0.5, 0.6) is 5.75 Å². The molecule has 0 spiro atoms. The number of anilines is 1. The van der Waals surface area contributed by atoms with Gasteiger partial charge in [0.05, 0.1) is 5.69 Å². The summed E-state index contributed by atoms with van der Waals surface area (Å²) >= 11 is 0. The zero-order valence-corrected chi connectivity index (χ0v) is 10.2. The van der Waals surface area contributed by atoms with Gasteiger partial charge in [0.2, 0.25) is 0 Å².